The van der Waals surface area contributed by atoms with E-state index in [-0.39, 0.29) is 17.6 Å². The molecule has 8 nitrogen and oxygen atoms in total. The van der Waals surface area contributed by atoms with Gasteiger partial charge in [0, 0.05) is 19.3 Å². The minimum absolute atomic E-state index is 0.00971. The molecule has 36 heavy (non-hydrogen) atoms. The molecule has 186 valence electrons. The molecule has 5 rings (SSSR count). The largest absolute Gasteiger partial charge is 0.497 e. The van der Waals surface area contributed by atoms with Gasteiger partial charge in [0.1, 0.15) is 21.5 Å². The summed E-state index contributed by atoms with van der Waals surface area (Å²) >= 11 is 6.69. The predicted octanol–water partition coefficient (Wildman–Crippen LogP) is 4.00. The number of thioether (sulfide) groups is 1. The van der Waals surface area contributed by atoms with Crippen LogP contribution in [0.5, 0.6) is 5.75 Å². The van der Waals surface area contributed by atoms with Gasteiger partial charge in [-0.15, -0.1) is 0 Å². The lowest BCUT2D eigenvalue weighted by atomic mass is 10.2. The van der Waals surface area contributed by atoms with Crippen molar-refractivity contribution in [3.8, 4) is 5.75 Å². The average molecular weight is 523 g/mol. The predicted molar refractivity (Wildman–Crippen MR) is 145 cm³/mol. The molecule has 1 unspecified atom stereocenters. The molecule has 1 aromatic carbocycles. The summed E-state index contributed by atoms with van der Waals surface area (Å²) in [5.41, 5.74) is 2.48. The summed E-state index contributed by atoms with van der Waals surface area (Å²) in [4.78, 5) is 33.5. The van der Waals surface area contributed by atoms with Gasteiger partial charge >= 0.3 is 0 Å². The van der Waals surface area contributed by atoms with Crippen molar-refractivity contribution in [3.63, 3.8) is 0 Å². The summed E-state index contributed by atoms with van der Waals surface area (Å²) in [5, 5.41) is 3.30. The molecule has 0 spiro atoms. The molecule has 1 amide bonds. The van der Waals surface area contributed by atoms with Crippen molar-refractivity contribution in [3.05, 3.63) is 74.5 Å². The number of anilines is 1. The number of hydrogen-bond acceptors (Lipinski definition) is 8. The number of amides is 1. The fourth-order valence-electron chi connectivity index (χ4n) is 4.29. The Bertz CT molecular complexity index is 1410. The highest BCUT2D eigenvalue weighted by molar-refractivity contribution is 8.26. The number of methoxy groups -OCH3 is 1. The van der Waals surface area contributed by atoms with Crippen molar-refractivity contribution in [2.45, 2.75) is 32.4 Å². The van der Waals surface area contributed by atoms with Gasteiger partial charge in [0.2, 0.25) is 0 Å². The summed E-state index contributed by atoms with van der Waals surface area (Å²) in [5.74, 6) is 0.965. The molecule has 10 heteroatoms. The maximum absolute atomic E-state index is 13.6. The fraction of sp³-hybridized carbons (Fsp3) is 0.308. The zero-order chi connectivity index (χ0) is 25.2. The molecule has 2 fully saturated rings. The molecule has 0 saturated carbocycles. The van der Waals surface area contributed by atoms with E-state index >= 15 is 0 Å². The third-order valence-electron chi connectivity index (χ3n) is 6.26. The van der Waals surface area contributed by atoms with E-state index in [1.165, 1.54) is 16.2 Å². The number of aryl methyl sites for hydroxylation is 1. The molecule has 0 radical (unpaired) electrons. The highest BCUT2D eigenvalue weighted by atomic mass is 32.2. The first-order valence-corrected chi connectivity index (χ1v) is 12.9. The lowest BCUT2D eigenvalue weighted by Gasteiger charge is -2.18. The van der Waals surface area contributed by atoms with Crippen molar-refractivity contribution >= 4 is 51.7 Å². The van der Waals surface area contributed by atoms with Crippen LogP contribution in [-0.2, 0) is 16.1 Å². The van der Waals surface area contributed by atoms with Crippen LogP contribution >= 0.6 is 24.0 Å². The van der Waals surface area contributed by atoms with Crippen LogP contribution in [0.3, 0.4) is 0 Å². The summed E-state index contributed by atoms with van der Waals surface area (Å²) in [6.07, 6.45) is 5.17. The minimum atomic E-state index is -0.259. The van der Waals surface area contributed by atoms with E-state index in [0.29, 0.717) is 46.0 Å². The summed E-state index contributed by atoms with van der Waals surface area (Å²) in [7, 11) is 1.62. The van der Waals surface area contributed by atoms with E-state index in [0.717, 1.165) is 29.7 Å². The third kappa shape index (κ3) is 4.88. The number of nitrogens with zero attached hydrogens (tertiary/aromatic N) is 3. The van der Waals surface area contributed by atoms with Crippen LogP contribution < -0.4 is 15.6 Å². The van der Waals surface area contributed by atoms with Crippen molar-refractivity contribution in [1.82, 2.24) is 14.3 Å². The highest BCUT2D eigenvalue weighted by Crippen LogP contribution is 2.34. The lowest BCUT2D eigenvalue weighted by Crippen LogP contribution is -2.35. The summed E-state index contributed by atoms with van der Waals surface area (Å²) in [6, 6.07) is 11.4. The molecule has 4 heterocycles. The van der Waals surface area contributed by atoms with Gasteiger partial charge in [-0.1, -0.05) is 42.2 Å². The summed E-state index contributed by atoms with van der Waals surface area (Å²) in [6.45, 7) is 3.49. The quantitative estimate of drug-likeness (QED) is 0.368. The first kappa shape index (κ1) is 24.5. The number of carbonyl (C=O) groups is 1. The van der Waals surface area contributed by atoms with Crippen molar-refractivity contribution in [1.29, 1.82) is 0 Å². The van der Waals surface area contributed by atoms with E-state index < -0.39 is 0 Å². The number of pyridine rings is 1. The molecule has 2 aromatic heterocycles. The number of thiocarbonyl (C=S) groups is 1. The Hall–Kier alpha value is -3.21. The maximum atomic E-state index is 13.6. The van der Waals surface area contributed by atoms with E-state index in [1.54, 1.807) is 30.3 Å². The smallest absolute Gasteiger partial charge is 0.267 e. The number of fused-ring (bicyclic) bond motifs is 1. The number of rotatable bonds is 7. The van der Waals surface area contributed by atoms with Crippen LogP contribution in [0.1, 0.15) is 29.5 Å². The van der Waals surface area contributed by atoms with Gasteiger partial charge in [-0.25, -0.2) is 4.98 Å². The van der Waals surface area contributed by atoms with E-state index in [1.807, 2.05) is 37.3 Å². The lowest BCUT2D eigenvalue weighted by molar-refractivity contribution is -0.123. The number of ether oxygens (including phenoxy) is 2. The Balaban J connectivity index is 1.50. The Kier molecular flexibility index (Phi) is 7.08. The zero-order valence-electron chi connectivity index (χ0n) is 20.0. The zero-order valence-corrected chi connectivity index (χ0v) is 21.7. The van der Waals surface area contributed by atoms with Gasteiger partial charge in [0.15, 0.2) is 0 Å². The molecule has 3 aromatic rings. The number of carbonyl (C=O) groups excluding carboxylic acids is 1. The minimum Gasteiger partial charge on any atom is -0.497 e. The topological polar surface area (TPSA) is 85.2 Å². The Morgan fingerprint density at radius 3 is 2.81 bits per heavy atom. The van der Waals surface area contributed by atoms with Gasteiger partial charge in [0.05, 0.1) is 30.2 Å². The fourth-order valence-corrected chi connectivity index (χ4v) is 5.54. The van der Waals surface area contributed by atoms with Gasteiger partial charge in [-0.2, -0.15) is 0 Å². The molecule has 0 bridgehead atoms. The molecule has 0 aliphatic carbocycles. The Labute approximate surface area is 218 Å². The van der Waals surface area contributed by atoms with Crippen LogP contribution in [0.4, 0.5) is 5.82 Å². The second-order valence-electron chi connectivity index (χ2n) is 8.69. The number of hydrogen-bond donors (Lipinski definition) is 1. The standard InChI is InChI=1S/C26H26N4O4S2/c1-16-5-3-11-29-23(16)28-22(27-14-17-7-9-18(33-2)10-8-17)20(24(29)31)13-21-25(32)30(26(35)36-21)15-19-6-4-12-34-19/h3,5,7-11,13,19,27H,4,6,12,14-15H2,1-2H3/b21-13+. The van der Waals surface area contributed by atoms with Crippen LogP contribution in [0.25, 0.3) is 11.7 Å². The third-order valence-corrected chi connectivity index (χ3v) is 7.64. The molecule has 2 saturated heterocycles. The molecule has 2 aliphatic heterocycles. The van der Waals surface area contributed by atoms with Crippen LogP contribution in [0, 0.1) is 6.92 Å². The van der Waals surface area contributed by atoms with Crippen LogP contribution in [0.2, 0.25) is 0 Å². The van der Waals surface area contributed by atoms with Gasteiger partial charge < -0.3 is 14.8 Å². The highest BCUT2D eigenvalue weighted by Gasteiger charge is 2.35. The SMILES string of the molecule is COc1ccc(CNc2nc3c(C)cccn3c(=O)c2/C=C2/SC(=S)N(CC3CCCO3)C2=O)cc1. The number of nitrogens with one attached hydrogen (secondary N) is 1. The van der Waals surface area contributed by atoms with Crippen molar-refractivity contribution < 1.29 is 14.3 Å². The molecule has 2 aliphatic rings. The normalized spacial score (nSPS) is 19.0. The van der Waals surface area contributed by atoms with Gasteiger partial charge in [0.25, 0.3) is 11.5 Å². The maximum Gasteiger partial charge on any atom is 0.267 e. The monoisotopic (exact) mass is 522 g/mol. The molecule has 1 atom stereocenters. The van der Waals surface area contributed by atoms with E-state index in [4.69, 9.17) is 26.7 Å². The molecule has 1 N–H and O–H groups in total. The van der Waals surface area contributed by atoms with Crippen molar-refractivity contribution in [2.75, 3.05) is 25.6 Å². The van der Waals surface area contributed by atoms with Gasteiger partial charge in [-0.3, -0.25) is 18.9 Å². The van der Waals surface area contributed by atoms with Gasteiger partial charge in [-0.05, 0) is 55.2 Å². The van der Waals surface area contributed by atoms with E-state index in [2.05, 4.69) is 5.32 Å². The summed E-state index contributed by atoms with van der Waals surface area (Å²) < 4.78 is 12.9. The van der Waals surface area contributed by atoms with Crippen molar-refractivity contribution in [2.24, 2.45) is 0 Å². The number of aromatic nitrogens is 2. The Morgan fingerprint density at radius 2 is 2.08 bits per heavy atom. The Morgan fingerprint density at radius 1 is 1.28 bits per heavy atom. The average Bonchev–Trinajstić information content (AvgIpc) is 3.49. The molecular weight excluding hydrogens is 496 g/mol. The number of benzene rings is 1. The van der Waals surface area contributed by atoms with Crippen LogP contribution in [-0.4, -0.2) is 50.9 Å². The molecular formula is C26H26N4O4S2. The van der Waals surface area contributed by atoms with E-state index in [9.17, 15) is 9.59 Å². The second-order valence-corrected chi connectivity index (χ2v) is 10.4. The second kappa shape index (κ2) is 10.4. The first-order valence-electron chi connectivity index (χ1n) is 11.7. The first-order chi connectivity index (χ1) is 17.4. The van der Waals surface area contributed by atoms with Crippen LogP contribution in [0.15, 0.2) is 52.3 Å².